The van der Waals surface area contributed by atoms with Crippen LogP contribution in [0.15, 0.2) is 47.4 Å². The first-order valence-electron chi connectivity index (χ1n) is 8.32. The SMILES string of the molecule is C[C@@H](OC(=O)CN1C(=O)CSc2ccccc21)C(=O)Nc1ccc(F)cc1F. The molecule has 1 aliphatic rings. The number of rotatable bonds is 5. The van der Waals surface area contributed by atoms with Crippen molar-refractivity contribution in [3.63, 3.8) is 0 Å². The lowest BCUT2D eigenvalue weighted by atomic mass is 10.2. The quantitative estimate of drug-likeness (QED) is 0.773. The van der Waals surface area contributed by atoms with Crippen LogP contribution in [0.1, 0.15) is 6.92 Å². The molecule has 146 valence electrons. The number of hydrogen-bond donors (Lipinski definition) is 1. The van der Waals surface area contributed by atoms with Gasteiger partial charge in [0.25, 0.3) is 5.91 Å². The van der Waals surface area contributed by atoms with Crippen molar-refractivity contribution in [3.05, 3.63) is 54.1 Å². The third-order valence-corrected chi connectivity index (χ3v) is 5.01. The summed E-state index contributed by atoms with van der Waals surface area (Å²) in [5.74, 6) is -3.33. The van der Waals surface area contributed by atoms with Crippen molar-refractivity contribution in [3.8, 4) is 0 Å². The standard InChI is InChI=1S/C19H16F2N2O4S/c1-11(19(26)22-14-7-6-12(20)8-13(14)21)27-18(25)9-23-15-4-2-3-5-16(15)28-10-17(23)24/h2-8,11H,9-10H2,1H3,(H,22,26)/t11-/m1/s1. The Kier molecular flexibility index (Phi) is 5.93. The maximum Gasteiger partial charge on any atom is 0.326 e. The molecule has 1 N–H and O–H groups in total. The van der Waals surface area contributed by atoms with E-state index in [9.17, 15) is 23.2 Å². The fraction of sp³-hybridized carbons (Fsp3) is 0.211. The van der Waals surface area contributed by atoms with E-state index in [1.165, 1.54) is 23.6 Å². The molecule has 6 nitrogen and oxygen atoms in total. The molecule has 0 unspecified atom stereocenters. The van der Waals surface area contributed by atoms with Gasteiger partial charge in [0.2, 0.25) is 5.91 Å². The van der Waals surface area contributed by atoms with Gasteiger partial charge in [-0.25, -0.2) is 8.78 Å². The molecule has 0 radical (unpaired) electrons. The first-order valence-corrected chi connectivity index (χ1v) is 9.31. The number of esters is 1. The number of carbonyl (C=O) groups is 3. The first kappa shape index (κ1) is 19.8. The minimum atomic E-state index is -1.23. The van der Waals surface area contributed by atoms with Gasteiger partial charge in [-0.2, -0.15) is 0 Å². The van der Waals surface area contributed by atoms with E-state index in [0.717, 1.165) is 17.0 Å². The highest BCUT2D eigenvalue weighted by Crippen LogP contribution is 2.34. The van der Waals surface area contributed by atoms with Crippen LogP contribution in [0, 0.1) is 11.6 Å². The topological polar surface area (TPSA) is 75.7 Å². The van der Waals surface area contributed by atoms with Crippen molar-refractivity contribution in [1.29, 1.82) is 0 Å². The van der Waals surface area contributed by atoms with Crippen LogP contribution >= 0.6 is 11.8 Å². The summed E-state index contributed by atoms with van der Waals surface area (Å²) in [4.78, 5) is 38.7. The minimum Gasteiger partial charge on any atom is -0.451 e. The van der Waals surface area contributed by atoms with Crippen LogP contribution in [0.2, 0.25) is 0 Å². The largest absolute Gasteiger partial charge is 0.451 e. The Morgan fingerprint density at radius 1 is 1.25 bits per heavy atom. The maximum atomic E-state index is 13.6. The molecule has 0 spiro atoms. The van der Waals surface area contributed by atoms with Crippen LogP contribution in [-0.4, -0.2) is 36.2 Å². The monoisotopic (exact) mass is 406 g/mol. The molecule has 28 heavy (non-hydrogen) atoms. The van der Waals surface area contributed by atoms with Gasteiger partial charge < -0.3 is 10.1 Å². The van der Waals surface area contributed by atoms with E-state index in [1.807, 2.05) is 12.1 Å². The molecule has 3 rings (SSSR count). The van der Waals surface area contributed by atoms with Crippen molar-refractivity contribution < 1.29 is 27.9 Å². The lowest BCUT2D eigenvalue weighted by Gasteiger charge is -2.28. The third-order valence-electron chi connectivity index (χ3n) is 3.96. The summed E-state index contributed by atoms with van der Waals surface area (Å²) < 4.78 is 31.6. The number of fused-ring (bicyclic) bond motifs is 1. The number of thioether (sulfide) groups is 1. The molecule has 0 aliphatic carbocycles. The van der Waals surface area contributed by atoms with E-state index in [0.29, 0.717) is 11.8 Å². The molecule has 0 aromatic heterocycles. The summed E-state index contributed by atoms with van der Waals surface area (Å²) in [6.45, 7) is 0.968. The summed E-state index contributed by atoms with van der Waals surface area (Å²) in [7, 11) is 0. The van der Waals surface area contributed by atoms with E-state index < -0.39 is 29.6 Å². The molecule has 2 aromatic carbocycles. The van der Waals surface area contributed by atoms with Gasteiger partial charge in [-0.3, -0.25) is 19.3 Å². The number of halogens is 2. The zero-order valence-corrected chi connectivity index (χ0v) is 15.6. The highest BCUT2D eigenvalue weighted by Gasteiger charge is 2.28. The second-order valence-corrected chi connectivity index (χ2v) is 7.00. The Morgan fingerprint density at radius 2 is 2.00 bits per heavy atom. The lowest BCUT2D eigenvalue weighted by molar-refractivity contribution is -0.152. The van der Waals surface area contributed by atoms with Gasteiger partial charge in [-0.1, -0.05) is 12.1 Å². The van der Waals surface area contributed by atoms with Gasteiger partial charge in [-0.05, 0) is 31.2 Å². The minimum absolute atomic E-state index is 0.199. The first-order chi connectivity index (χ1) is 13.3. The van der Waals surface area contributed by atoms with Gasteiger partial charge in [0.1, 0.15) is 18.2 Å². The second kappa shape index (κ2) is 8.39. The number of nitrogens with one attached hydrogen (secondary N) is 1. The summed E-state index contributed by atoms with van der Waals surface area (Å²) in [5, 5.41) is 2.23. The number of hydrogen-bond acceptors (Lipinski definition) is 5. The highest BCUT2D eigenvalue weighted by atomic mass is 32.2. The summed E-state index contributed by atoms with van der Waals surface area (Å²) in [5.41, 5.74) is 0.373. The molecule has 0 saturated carbocycles. The fourth-order valence-corrected chi connectivity index (χ4v) is 3.51. The lowest BCUT2D eigenvalue weighted by Crippen LogP contribution is -2.41. The molecule has 2 amide bonds. The second-order valence-electron chi connectivity index (χ2n) is 5.98. The van der Waals surface area contributed by atoms with Crippen molar-refractivity contribution in [2.24, 2.45) is 0 Å². The maximum absolute atomic E-state index is 13.6. The van der Waals surface area contributed by atoms with E-state index in [1.54, 1.807) is 12.1 Å². The zero-order valence-electron chi connectivity index (χ0n) is 14.8. The normalized spacial score (nSPS) is 14.2. The highest BCUT2D eigenvalue weighted by molar-refractivity contribution is 8.00. The van der Waals surface area contributed by atoms with Gasteiger partial charge >= 0.3 is 5.97 Å². The summed E-state index contributed by atoms with van der Waals surface area (Å²) in [6.07, 6.45) is -1.23. The number of para-hydroxylation sites is 1. The van der Waals surface area contributed by atoms with E-state index in [-0.39, 0.29) is 23.9 Å². The number of amides is 2. The summed E-state index contributed by atoms with van der Waals surface area (Å²) in [6, 6.07) is 9.84. The Labute approximate surface area is 163 Å². The van der Waals surface area contributed by atoms with Gasteiger partial charge in [0, 0.05) is 11.0 Å². The van der Waals surface area contributed by atoms with Crippen LogP contribution in [-0.2, 0) is 19.1 Å². The molecular weight excluding hydrogens is 390 g/mol. The van der Waals surface area contributed by atoms with Gasteiger partial charge in [0.05, 0.1) is 17.1 Å². The van der Waals surface area contributed by atoms with Gasteiger partial charge in [-0.15, -0.1) is 11.8 Å². The molecule has 1 aliphatic heterocycles. The Hall–Kier alpha value is -2.94. The molecule has 0 saturated heterocycles. The number of benzene rings is 2. The predicted octanol–water partition coefficient (Wildman–Crippen LogP) is 2.97. The van der Waals surface area contributed by atoms with E-state index in [2.05, 4.69) is 5.32 Å². The molecule has 0 fully saturated rings. The molecule has 1 heterocycles. The Morgan fingerprint density at radius 3 is 2.75 bits per heavy atom. The number of ether oxygens (including phenoxy) is 1. The smallest absolute Gasteiger partial charge is 0.326 e. The predicted molar refractivity (Wildman–Crippen MR) is 100 cm³/mol. The fourth-order valence-electron chi connectivity index (χ4n) is 2.57. The van der Waals surface area contributed by atoms with Gasteiger partial charge in [0.15, 0.2) is 6.10 Å². The zero-order chi connectivity index (χ0) is 20.3. The Balaban J connectivity index is 1.61. The molecule has 2 aromatic rings. The Bertz CT molecular complexity index is 938. The van der Waals surface area contributed by atoms with Crippen molar-refractivity contribution in [1.82, 2.24) is 0 Å². The van der Waals surface area contributed by atoms with Crippen molar-refractivity contribution >= 4 is 40.9 Å². The summed E-state index contributed by atoms with van der Waals surface area (Å²) >= 11 is 1.38. The number of carbonyl (C=O) groups excluding carboxylic acids is 3. The third kappa shape index (κ3) is 4.48. The molecule has 9 heteroatoms. The van der Waals surface area contributed by atoms with E-state index >= 15 is 0 Å². The average molecular weight is 406 g/mol. The van der Waals surface area contributed by atoms with Crippen LogP contribution in [0.25, 0.3) is 0 Å². The van der Waals surface area contributed by atoms with Crippen LogP contribution < -0.4 is 10.2 Å². The number of anilines is 2. The van der Waals surface area contributed by atoms with Crippen LogP contribution in [0.4, 0.5) is 20.2 Å². The van der Waals surface area contributed by atoms with Crippen molar-refractivity contribution in [2.75, 3.05) is 22.5 Å². The molecule has 1 atom stereocenters. The number of nitrogens with zero attached hydrogens (tertiary/aromatic N) is 1. The van der Waals surface area contributed by atoms with Crippen molar-refractivity contribution in [2.45, 2.75) is 17.9 Å². The average Bonchev–Trinajstić information content (AvgIpc) is 2.66. The molecular formula is C19H16F2N2O4S. The van der Waals surface area contributed by atoms with Crippen LogP contribution in [0.5, 0.6) is 0 Å². The van der Waals surface area contributed by atoms with E-state index in [4.69, 9.17) is 4.74 Å². The van der Waals surface area contributed by atoms with Crippen LogP contribution in [0.3, 0.4) is 0 Å². The molecule has 0 bridgehead atoms.